The lowest BCUT2D eigenvalue weighted by molar-refractivity contribution is -0.130. The minimum absolute atomic E-state index is 0.187. The van der Waals surface area contributed by atoms with Crippen molar-refractivity contribution in [3.05, 3.63) is 59.7 Å². The van der Waals surface area contributed by atoms with Crippen LogP contribution in [0.1, 0.15) is 25.0 Å². The third-order valence-corrected chi connectivity index (χ3v) is 4.82. The molecule has 0 radical (unpaired) electrons. The van der Waals surface area contributed by atoms with Crippen molar-refractivity contribution in [1.82, 2.24) is 9.80 Å². The van der Waals surface area contributed by atoms with Gasteiger partial charge in [-0.15, -0.1) is 0 Å². The van der Waals surface area contributed by atoms with Crippen molar-refractivity contribution in [3.8, 4) is 11.1 Å². The summed E-state index contributed by atoms with van der Waals surface area (Å²) in [6.07, 6.45) is 1.06. The van der Waals surface area contributed by atoms with Gasteiger partial charge in [0.25, 0.3) is 0 Å². The molecule has 1 saturated heterocycles. The average molecular weight is 322 g/mol. The van der Waals surface area contributed by atoms with Gasteiger partial charge in [0.15, 0.2) is 0 Å². The van der Waals surface area contributed by atoms with Crippen molar-refractivity contribution in [3.63, 3.8) is 0 Å². The van der Waals surface area contributed by atoms with E-state index in [1.54, 1.807) is 6.92 Å². The molecule has 3 nitrogen and oxygen atoms in total. The first-order valence-corrected chi connectivity index (χ1v) is 8.82. The molecule has 0 saturated carbocycles. The maximum Gasteiger partial charge on any atom is 0.219 e. The Morgan fingerprint density at radius 2 is 1.50 bits per heavy atom. The lowest BCUT2D eigenvalue weighted by atomic mass is 10.00. The number of carbonyl (C=O) groups is 1. The van der Waals surface area contributed by atoms with Gasteiger partial charge in [-0.1, -0.05) is 49.4 Å². The Labute approximate surface area is 144 Å². The van der Waals surface area contributed by atoms with E-state index in [4.69, 9.17) is 0 Å². The summed E-state index contributed by atoms with van der Waals surface area (Å²) in [5, 5.41) is 0. The first kappa shape index (κ1) is 16.7. The lowest BCUT2D eigenvalue weighted by Gasteiger charge is -2.34. The van der Waals surface area contributed by atoms with Gasteiger partial charge in [0.1, 0.15) is 0 Å². The van der Waals surface area contributed by atoms with Gasteiger partial charge in [-0.25, -0.2) is 0 Å². The summed E-state index contributed by atoms with van der Waals surface area (Å²) in [4.78, 5) is 15.8. The van der Waals surface area contributed by atoms with Gasteiger partial charge < -0.3 is 4.90 Å². The van der Waals surface area contributed by atoms with E-state index in [1.165, 1.54) is 22.3 Å². The van der Waals surface area contributed by atoms with E-state index >= 15 is 0 Å². The first-order valence-electron chi connectivity index (χ1n) is 8.82. The Hall–Kier alpha value is -2.13. The zero-order valence-electron chi connectivity index (χ0n) is 14.7. The normalized spacial score (nSPS) is 15.5. The van der Waals surface area contributed by atoms with E-state index < -0.39 is 0 Å². The quantitative estimate of drug-likeness (QED) is 0.859. The molecule has 0 unspecified atom stereocenters. The SMILES string of the molecule is CCc1cccc(-c2cccc(CN3CCN(C(C)=O)CC3)c2)c1. The van der Waals surface area contributed by atoms with Gasteiger partial charge >= 0.3 is 0 Å². The number of hydrogen-bond acceptors (Lipinski definition) is 2. The second kappa shape index (κ2) is 7.63. The van der Waals surface area contributed by atoms with Crippen LogP contribution in [0.4, 0.5) is 0 Å². The molecule has 0 aromatic heterocycles. The molecule has 0 spiro atoms. The summed E-state index contributed by atoms with van der Waals surface area (Å²) in [7, 11) is 0. The number of amides is 1. The van der Waals surface area contributed by atoms with E-state index in [9.17, 15) is 4.79 Å². The minimum atomic E-state index is 0.187. The Balaban J connectivity index is 1.68. The van der Waals surface area contributed by atoms with Crippen molar-refractivity contribution in [2.75, 3.05) is 26.2 Å². The van der Waals surface area contributed by atoms with Crippen molar-refractivity contribution in [1.29, 1.82) is 0 Å². The van der Waals surface area contributed by atoms with Crippen molar-refractivity contribution < 1.29 is 4.79 Å². The number of aryl methyl sites for hydroxylation is 1. The molecule has 0 atom stereocenters. The van der Waals surface area contributed by atoms with E-state index in [-0.39, 0.29) is 5.91 Å². The van der Waals surface area contributed by atoms with Crippen LogP contribution in [0, 0.1) is 0 Å². The summed E-state index contributed by atoms with van der Waals surface area (Å²) in [5.41, 5.74) is 5.28. The smallest absolute Gasteiger partial charge is 0.219 e. The molecule has 0 aliphatic carbocycles. The zero-order valence-corrected chi connectivity index (χ0v) is 14.7. The number of hydrogen-bond donors (Lipinski definition) is 0. The Morgan fingerprint density at radius 3 is 2.08 bits per heavy atom. The highest BCUT2D eigenvalue weighted by atomic mass is 16.2. The molecule has 126 valence electrons. The van der Waals surface area contributed by atoms with Crippen LogP contribution in [-0.2, 0) is 17.8 Å². The number of piperazine rings is 1. The molecule has 3 rings (SSSR count). The predicted octanol–water partition coefficient (Wildman–Crippen LogP) is 3.58. The molecule has 1 heterocycles. The fraction of sp³-hybridized carbons (Fsp3) is 0.381. The number of benzene rings is 2. The molecule has 0 bridgehead atoms. The summed E-state index contributed by atoms with van der Waals surface area (Å²) < 4.78 is 0. The topological polar surface area (TPSA) is 23.6 Å². The zero-order chi connectivity index (χ0) is 16.9. The van der Waals surface area contributed by atoms with E-state index in [2.05, 4.69) is 60.4 Å². The number of rotatable bonds is 4. The Kier molecular flexibility index (Phi) is 5.31. The summed E-state index contributed by atoms with van der Waals surface area (Å²) >= 11 is 0. The minimum Gasteiger partial charge on any atom is -0.340 e. The molecular formula is C21H26N2O. The molecule has 2 aromatic rings. The summed E-state index contributed by atoms with van der Waals surface area (Å²) in [6.45, 7) is 8.39. The highest BCUT2D eigenvalue weighted by Gasteiger charge is 2.18. The third kappa shape index (κ3) is 4.04. The van der Waals surface area contributed by atoms with Crippen LogP contribution in [0.3, 0.4) is 0 Å². The van der Waals surface area contributed by atoms with Gasteiger partial charge in [-0.05, 0) is 34.7 Å². The first-order chi connectivity index (χ1) is 11.7. The standard InChI is InChI=1S/C21H26N2O/c1-3-18-6-4-8-20(14-18)21-9-5-7-19(15-21)16-22-10-12-23(13-11-22)17(2)24/h4-9,14-15H,3,10-13,16H2,1-2H3. The predicted molar refractivity (Wildman–Crippen MR) is 98.8 cm³/mol. The van der Waals surface area contributed by atoms with E-state index in [0.717, 1.165) is 39.1 Å². The average Bonchev–Trinajstić information content (AvgIpc) is 2.62. The fourth-order valence-corrected chi connectivity index (χ4v) is 3.30. The molecule has 3 heteroatoms. The fourth-order valence-electron chi connectivity index (χ4n) is 3.30. The van der Waals surface area contributed by atoms with Gasteiger partial charge in [-0.2, -0.15) is 0 Å². The van der Waals surface area contributed by atoms with E-state index in [1.807, 2.05) is 4.90 Å². The second-order valence-electron chi connectivity index (χ2n) is 6.54. The van der Waals surface area contributed by atoms with Crippen LogP contribution in [0.5, 0.6) is 0 Å². The van der Waals surface area contributed by atoms with Crippen LogP contribution in [0.2, 0.25) is 0 Å². The molecular weight excluding hydrogens is 296 g/mol. The lowest BCUT2D eigenvalue weighted by Crippen LogP contribution is -2.47. The molecule has 1 aliphatic heterocycles. The molecule has 24 heavy (non-hydrogen) atoms. The van der Waals surface area contributed by atoms with Crippen molar-refractivity contribution in [2.45, 2.75) is 26.8 Å². The third-order valence-electron chi connectivity index (χ3n) is 4.82. The molecule has 1 amide bonds. The van der Waals surface area contributed by atoms with Crippen LogP contribution in [-0.4, -0.2) is 41.9 Å². The van der Waals surface area contributed by atoms with E-state index in [0.29, 0.717) is 0 Å². The Morgan fingerprint density at radius 1 is 0.917 bits per heavy atom. The van der Waals surface area contributed by atoms with Crippen molar-refractivity contribution >= 4 is 5.91 Å². The molecule has 1 aliphatic rings. The van der Waals surface area contributed by atoms with Gasteiger partial charge in [0.05, 0.1) is 0 Å². The number of carbonyl (C=O) groups excluding carboxylic acids is 1. The van der Waals surface area contributed by atoms with Gasteiger partial charge in [0.2, 0.25) is 5.91 Å². The monoisotopic (exact) mass is 322 g/mol. The second-order valence-corrected chi connectivity index (χ2v) is 6.54. The number of nitrogens with zero attached hydrogens (tertiary/aromatic N) is 2. The van der Waals surface area contributed by atoms with Crippen LogP contribution < -0.4 is 0 Å². The highest BCUT2D eigenvalue weighted by molar-refractivity contribution is 5.73. The van der Waals surface area contributed by atoms with Gasteiger partial charge in [0, 0.05) is 39.6 Å². The highest BCUT2D eigenvalue weighted by Crippen LogP contribution is 2.22. The van der Waals surface area contributed by atoms with Crippen LogP contribution >= 0.6 is 0 Å². The Bertz CT molecular complexity index is 702. The largest absolute Gasteiger partial charge is 0.340 e. The molecule has 0 N–H and O–H groups in total. The van der Waals surface area contributed by atoms with Crippen LogP contribution in [0.15, 0.2) is 48.5 Å². The van der Waals surface area contributed by atoms with Crippen LogP contribution in [0.25, 0.3) is 11.1 Å². The van der Waals surface area contributed by atoms with Gasteiger partial charge in [-0.3, -0.25) is 9.69 Å². The summed E-state index contributed by atoms with van der Waals surface area (Å²) in [6, 6.07) is 17.6. The maximum absolute atomic E-state index is 11.4. The molecule has 2 aromatic carbocycles. The summed E-state index contributed by atoms with van der Waals surface area (Å²) in [5.74, 6) is 0.187. The maximum atomic E-state index is 11.4. The van der Waals surface area contributed by atoms with Crippen molar-refractivity contribution in [2.24, 2.45) is 0 Å². The molecule has 1 fully saturated rings.